The molecule has 0 spiro atoms. The van der Waals surface area contributed by atoms with Crippen molar-refractivity contribution < 1.29 is 23.7 Å². The van der Waals surface area contributed by atoms with Crippen molar-refractivity contribution in [2.75, 3.05) is 27.9 Å². The molecule has 5 nitrogen and oxygen atoms in total. The van der Waals surface area contributed by atoms with E-state index in [9.17, 15) is 4.79 Å². The second-order valence-electron chi connectivity index (χ2n) is 6.89. The van der Waals surface area contributed by atoms with Crippen LogP contribution in [0.2, 0.25) is 0 Å². The molecule has 0 saturated heterocycles. The SMILES string of the molecule is CCC(C)(C)c1ccc(OCC(=O)c2cc(OC)c(OC)c(OC)c2)cc1. The van der Waals surface area contributed by atoms with E-state index in [1.807, 2.05) is 24.3 Å². The van der Waals surface area contributed by atoms with Gasteiger partial charge in [-0.15, -0.1) is 0 Å². The van der Waals surface area contributed by atoms with Crippen LogP contribution in [0.5, 0.6) is 23.0 Å². The zero-order chi connectivity index (χ0) is 20.0. The summed E-state index contributed by atoms with van der Waals surface area (Å²) < 4.78 is 21.5. The lowest BCUT2D eigenvalue weighted by Crippen LogP contribution is -2.15. The molecule has 0 fully saturated rings. The van der Waals surface area contributed by atoms with E-state index >= 15 is 0 Å². The molecule has 0 aliphatic heterocycles. The third kappa shape index (κ3) is 4.73. The lowest BCUT2D eigenvalue weighted by molar-refractivity contribution is 0.0920. The van der Waals surface area contributed by atoms with Gasteiger partial charge in [-0.05, 0) is 41.7 Å². The fraction of sp³-hybridized carbons (Fsp3) is 0.409. The number of benzene rings is 2. The number of ketones is 1. The second-order valence-corrected chi connectivity index (χ2v) is 6.89. The van der Waals surface area contributed by atoms with Crippen LogP contribution in [-0.4, -0.2) is 33.7 Å². The second kappa shape index (κ2) is 8.80. The van der Waals surface area contributed by atoms with Gasteiger partial charge in [0.05, 0.1) is 21.3 Å². The Labute approximate surface area is 161 Å². The maximum Gasteiger partial charge on any atom is 0.203 e. The molecule has 0 radical (unpaired) electrons. The topological polar surface area (TPSA) is 54.0 Å². The first-order valence-corrected chi connectivity index (χ1v) is 8.92. The molecule has 0 N–H and O–H groups in total. The normalized spacial score (nSPS) is 11.0. The third-order valence-electron chi connectivity index (χ3n) is 4.88. The van der Waals surface area contributed by atoms with Crippen LogP contribution in [0.25, 0.3) is 0 Å². The van der Waals surface area contributed by atoms with Crippen molar-refractivity contribution >= 4 is 5.78 Å². The van der Waals surface area contributed by atoms with E-state index in [1.165, 1.54) is 26.9 Å². The molecule has 146 valence electrons. The molecule has 0 aliphatic carbocycles. The van der Waals surface area contributed by atoms with Gasteiger partial charge in [-0.25, -0.2) is 0 Å². The zero-order valence-electron chi connectivity index (χ0n) is 16.9. The van der Waals surface area contributed by atoms with Gasteiger partial charge >= 0.3 is 0 Å². The first-order chi connectivity index (χ1) is 12.9. The van der Waals surface area contributed by atoms with Gasteiger partial charge in [0.2, 0.25) is 5.75 Å². The van der Waals surface area contributed by atoms with Crippen LogP contribution < -0.4 is 18.9 Å². The number of carbonyl (C=O) groups is 1. The smallest absolute Gasteiger partial charge is 0.203 e. The van der Waals surface area contributed by atoms with Gasteiger partial charge in [0, 0.05) is 5.56 Å². The van der Waals surface area contributed by atoms with Crippen molar-refractivity contribution in [1.29, 1.82) is 0 Å². The molecule has 0 aromatic heterocycles. The Morgan fingerprint density at radius 3 is 1.93 bits per heavy atom. The highest BCUT2D eigenvalue weighted by Gasteiger charge is 2.19. The summed E-state index contributed by atoms with van der Waals surface area (Å²) in [4.78, 5) is 12.5. The van der Waals surface area contributed by atoms with Gasteiger partial charge in [-0.1, -0.05) is 32.9 Å². The minimum absolute atomic E-state index is 0.0743. The molecule has 0 saturated carbocycles. The Balaban J connectivity index is 2.12. The lowest BCUT2D eigenvalue weighted by atomic mass is 9.82. The van der Waals surface area contributed by atoms with Crippen molar-refractivity contribution in [3.63, 3.8) is 0 Å². The van der Waals surface area contributed by atoms with Crippen molar-refractivity contribution in [1.82, 2.24) is 0 Å². The molecular formula is C22H28O5. The number of ether oxygens (including phenoxy) is 4. The Hall–Kier alpha value is -2.69. The van der Waals surface area contributed by atoms with Crippen LogP contribution in [-0.2, 0) is 5.41 Å². The Kier molecular flexibility index (Phi) is 6.72. The number of methoxy groups -OCH3 is 3. The van der Waals surface area contributed by atoms with Crippen molar-refractivity contribution in [2.45, 2.75) is 32.6 Å². The highest BCUT2D eigenvalue weighted by molar-refractivity contribution is 5.98. The van der Waals surface area contributed by atoms with Gasteiger partial charge in [0.25, 0.3) is 0 Å². The Morgan fingerprint density at radius 1 is 0.926 bits per heavy atom. The largest absolute Gasteiger partial charge is 0.493 e. The number of hydrogen-bond donors (Lipinski definition) is 0. The quantitative estimate of drug-likeness (QED) is 0.599. The molecule has 0 aliphatic rings. The average molecular weight is 372 g/mol. The molecule has 2 aromatic carbocycles. The number of Topliss-reactive ketones (excluding diaryl/α,β-unsaturated/α-hetero) is 1. The first kappa shape index (κ1) is 20.6. The predicted octanol–water partition coefficient (Wildman–Crippen LogP) is 4.66. The van der Waals surface area contributed by atoms with E-state index in [0.29, 0.717) is 28.6 Å². The van der Waals surface area contributed by atoms with Crippen LogP contribution in [0.3, 0.4) is 0 Å². The summed E-state index contributed by atoms with van der Waals surface area (Å²) in [5.74, 6) is 1.81. The van der Waals surface area contributed by atoms with Gasteiger partial charge in [-0.2, -0.15) is 0 Å². The third-order valence-corrected chi connectivity index (χ3v) is 4.88. The van der Waals surface area contributed by atoms with Crippen molar-refractivity contribution in [3.05, 3.63) is 47.5 Å². The van der Waals surface area contributed by atoms with E-state index in [4.69, 9.17) is 18.9 Å². The molecule has 0 heterocycles. The van der Waals surface area contributed by atoms with E-state index in [-0.39, 0.29) is 17.8 Å². The molecule has 2 aromatic rings. The van der Waals surface area contributed by atoms with Crippen LogP contribution in [0.1, 0.15) is 43.1 Å². The molecule has 0 atom stereocenters. The number of carbonyl (C=O) groups excluding carboxylic acids is 1. The Morgan fingerprint density at radius 2 is 1.48 bits per heavy atom. The van der Waals surface area contributed by atoms with Crippen LogP contribution in [0.4, 0.5) is 0 Å². The highest BCUT2D eigenvalue weighted by atomic mass is 16.5. The molecule has 0 bridgehead atoms. The van der Waals surface area contributed by atoms with Gasteiger partial charge in [-0.3, -0.25) is 4.79 Å². The zero-order valence-corrected chi connectivity index (χ0v) is 16.9. The van der Waals surface area contributed by atoms with Crippen LogP contribution in [0, 0.1) is 0 Å². The van der Waals surface area contributed by atoms with Gasteiger partial charge in [0.15, 0.2) is 23.9 Å². The number of rotatable bonds is 9. The molecule has 0 amide bonds. The lowest BCUT2D eigenvalue weighted by Gasteiger charge is -2.23. The van der Waals surface area contributed by atoms with Crippen LogP contribution in [0.15, 0.2) is 36.4 Å². The monoisotopic (exact) mass is 372 g/mol. The maximum absolute atomic E-state index is 12.5. The van der Waals surface area contributed by atoms with Crippen LogP contribution >= 0.6 is 0 Å². The summed E-state index contributed by atoms with van der Waals surface area (Å²) in [5.41, 5.74) is 1.80. The van der Waals surface area contributed by atoms with E-state index in [1.54, 1.807) is 12.1 Å². The molecule has 27 heavy (non-hydrogen) atoms. The first-order valence-electron chi connectivity index (χ1n) is 8.92. The van der Waals surface area contributed by atoms with Crippen molar-refractivity contribution in [2.24, 2.45) is 0 Å². The average Bonchev–Trinajstić information content (AvgIpc) is 2.70. The summed E-state index contributed by atoms with van der Waals surface area (Å²) in [6.45, 7) is 6.50. The summed E-state index contributed by atoms with van der Waals surface area (Å²) in [6.07, 6.45) is 1.05. The predicted molar refractivity (Wildman–Crippen MR) is 106 cm³/mol. The minimum atomic E-state index is -0.174. The number of hydrogen-bond acceptors (Lipinski definition) is 5. The van der Waals surface area contributed by atoms with Crippen molar-refractivity contribution in [3.8, 4) is 23.0 Å². The Bertz CT molecular complexity index is 753. The van der Waals surface area contributed by atoms with E-state index in [0.717, 1.165) is 6.42 Å². The minimum Gasteiger partial charge on any atom is -0.493 e. The highest BCUT2D eigenvalue weighted by Crippen LogP contribution is 2.38. The van der Waals surface area contributed by atoms with Gasteiger partial charge < -0.3 is 18.9 Å². The molecule has 0 unspecified atom stereocenters. The molecule has 2 rings (SSSR count). The standard InChI is InChI=1S/C22H28O5/c1-7-22(2,3)16-8-10-17(11-9-16)27-14-18(23)15-12-19(24-4)21(26-6)20(13-15)25-5/h8-13H,7,14H2,1-6H3. The maximum atomic E-state index is 12.5. The summed E-state index contributed by atoms with van der Waals surface area (Å²) in [6, 6.07) is 11.1. The fourth-order valence-corrected chi connectivity index (χ4v) is 2.68. The fourth-order valence-electron chi connectivity index (χ4n) is 2.68. The van der Waals surface area contributed by atoms with E-state index in [2.05, 4.69) is 20.8 Å². The molecular weight excluding hydrogens is 344 g/mol. The summed E-state index contributed by atoms with van der Waals surface area (Å²) in [5, 5.41) is 0. The summed E-state index contributed by atoms with van der Waals surface area (Å²) >= 11 is 0. The van der Waals surface area contributed by atoms with E-state index < -0.39 is 0 Å². The summed E-state index contributed by atoms with van der Waals surface area (Å²) in [7, 11) is 4.55. The van der Waals surface area contributed by atoms with Gasteiger partial charge in [0.1, 0.15) is 5.75 Å². The molecule has 5 heteroatoms.